The first-order valence-corrected chi connectivity index (χ1v) is 10.4. The highest BCUT2D eigenvalue weighted by atomic mass is 35.5. The lowest BCUT2D eigenvalue weighted by Crippen LogP contribution is -2.45. The largest absolute Gasteiger partial charge is 0.324 e. The van der Waals surface area contributed by atoms with Gasteiger partial charge in [0.1, 0.15) is 6.04 Å². The van der Waals surface area contributed by atoms with Gasteiger partial charge in [0.15, 0.2) is 0 Å². The predicted octanol–water partition coefficient (Wildman–Crippen LogP) is 4.40. The Balaban J connectivity index is 2.35. The molecule has 0 bridgehead atoms. The van der Waals surface area contributed by atoms with Crippen molar-refractivity contribution in [3.8, 4) is 0 Å². The van der Waals surface area contributed by atoms with Crippen molar-refractivity contribution in [3.63, 3.8) is 0 Å². The third-order valence-electron chi connectivity index (χ3n) is 3.96. The zero-order chi connectivity index (χ0) is 19.6. The molecule has 140 valence electrons. The molecule has 26 heavy (non-hydrogen) atoms. The number of hydrogen-bond acceptors (Lipinski definition) is 3. The first-order chi connectivity index (χ1) is 12.0. The summed E-state index contributed by atoms with van der Waals surface area (Å²) < 4.78 is 25.8. The fourth-order valence-corrected chi connectivity index (χ4v) is 4.24. The van der Waals surface area contributed by atoms with Gasteiger partial charge in [0.25, 0.3) is 0 Å². The molecule has 1 atom stereocenters. The molecule has 0 heterocycles. The molecule has 2 aromatic carbocycles. The van der Waals surface area contributed by atoms with Gasteiger partial charge in [-0.25, -0.2) is 8.42 Å². The quantitative estimate of drug-likeness (QED) is 0.787. The van der Waals surface area contributed by atoms with Crippen molar-refractivity contribution in [1.29, 1.82) is 0 Å². The molecule has 1 amide bonds. The van der Waals surface area contributed by atoms with Crippen LogP contribution in [0.4, 0.5) is 11.4 Å². The molecule has 1 unspecified atom stereocenters. The minimum absolute atomic E-state index is 0.370. The van der Waals surface area contributed by atoms with Crippen LogP contribution < -0.4 is 9.62 Å². The Morgan fingerprint density at radius 2 is 1.62 bits per heavy atom. The number of hydrogen-bond donors (Lipinski definition) is 1. The van der Waals surface area contributed by atoms with E-state index in [1.807, 2.05) is 19.9 Å². The van der Waals surface area contributed by atoms with Crippen LogP contribution in [0.3, 0.4) is 0 Å². The average Bonchev–Trinajstić information content (AvgIpc) is 2.48. The number of rotatable bonds is 5. The SMILES string of the molecule is Cc1ccc(N(C(C)C(=O)Nc2cc(Cl)cc(Cl)c2)S(C)(=O)=O)cc1C. The lowest BCUT2D eigenvalue weighted by molar-refractivity contribution is -0.116. The van der Waals surface area contributed by atoms with Gasteiger partial charge in [-0.3, -0.25) is 9.10 Å². The Kier molecular flexibility index (Phi) is 6.21. The summed E-state index contributed by atoms with van der Waals surface area (Å²) >= 11 is 11.9. The second-order valence-electron chi connectivity index (χ2n) is 6.15. The summed E-state index contributed by atoms with van der Waals surface area (Å²) in [6.07, 6.45) is 1.07. The summed E-state index contributed by atoms with van der Waals surface area (Å²) in [5.41, 5.74) is 2.80. The van der Waals surface area contributed by atoms with Crippen LogP contribution in [0, 0.1) is 13.8 Å². The molecule has 0 fully saturated rings. The van der Waals surface area contributed by atoms with Crippen LogP contribution >= 0.6 is 23.2 Å². The summed E-state index contributed by atoms with van der Waals surface area (Å²) in [5.74, 6) is -0.494. The topological polar surface area (TPSA) is 66.5 Å². The second kappa shape index (κ2) is 7.86. The van der Waals surface area contributed by atoms with Crippen LogP contribution in [0.15, 0.2) is 36.4 Å². The standard InChI is InChI=1S/C18H20Cl2N2O3S/c1-11-5-6-17(7-12(11)2)22(26(4,24)25)13(3)18(23)21-16-9-14(19)8-15(20)10-16/h5-10,13H,1-4H3,(H,21,23). The van der Waals surface area contributed by atoms with Crippen LogP contribution in [-0.4, -0.2) is 26.6 Å². The van der Waals surface area contributed by atoms with Gasteiger partial charge >= 0.3 is 0 Å². The van der Waals surface area contributed by atoms with Crippen molar-refractivity contribution < 1.29 is 13.2 Å². The van der Waals surface area contributed by atoms with E-state index >= 15 is 0 Å². The molecule has 8 heteroatoms. The number of amides is 1. The number of anilines is 2. The van der Waals surface area contributed by atoms with Crippen LogP contribution in [0.5, 0.6) is 0 Å². The van der Waals surface area contributed by atoms with E-state index in [2.05, 4.69) is 5.32 Å². The van der Waals surface area contributed by atoms with E-state index in [0.717, 1.165) is 21.7 Å². The van der Waals surface area contributed by atoms with Gasteiger partial charge in [-0.05, 0) is 62.2 Å². The number of carbonyl (C=O) groups excluding carboxylic acids is 1. The number of nitrogens with zero attached hydrogens (tertiary/aromatic N) is 1. The maximum absolute atomic E-state index is 12.6. The summed E-state index contributed by atoms with van der Waals surface area (Å²) in [6.45, 7) is 5.35. The summed E-state index contributed by atoms with van der Waals surface area (Å²) in [4.78, 5) is 12.6. The molecule has 0 aliphatic rings. The molecule has 0 aliphatic carbocycles. The van der Waals surface area contributed by atoms with Crippen molar-refractivity contribution in [2.75, 3.05) is 15.9 Å². The van der Waals surface area contributed by atoms with Gasteiger partial charge in [-0.15, -0.1) is 0 Å². The predicted molar refractivity (Wildman–Crippen MR) is 108 cm³/mol. The number of aryl methyl sites for hydroxylation is 2. The molecule has 2 aromatic rings. The molecular weight excluding hydrogens is 395 g/mol. The first kappa shape index (κ1) is 20.6. The number of halogens is 2. The highest BCUT2D eigenvalue weighted by Crippen LogP contribution is 2.26. The van der Waals surface area contributed by atoms with E-state index < -0.39 is 22.0 Å². The molecule has 2 rings (SSSR count). The van der Waals surface area contributed by atoms with Crippen molar-refractivity contribution in [1.82, 2.24) is 0 Å². The van der Waals surface area contributed by atoms with Gasteiger partial charge < -0.3 is 5.32 Å². The Bertz CT molecular complexity index is 925. The van der Waals surface area contributed by atoms with Gasteiger partial charge in [0.05, 0.1) is 11.9 Å². The van der Waals surface area contributed by atoms with Crippen LogP contribution in [-0.2, 0) is 14.8 Å². The normalized spacial score (nSPS) is 12.5. The minimum atomic E-state index is -3.68. The molecule has 0 spiro atoms. The highest BCUT2D eigenvalue weighted by Gasteiger charge is 2.29. The summed E-state index contributed by atoms with van der Waals surface area (Å²) in [7, 11) is -3.68. The molecule has 0 saturated carbocycles. The number of sulfonamides is 1. The third kappa shape index (κ3) is 4.90. The Labute approximate surface area is 164 Å². The number of nitrogens with one attached hydrogen (secondary N) is 1. The van der Waals surface area contributed by atoms with Gasteiger partial charge in [-0.1, -0.05) is 29.3 Å². The Morgan fingerprint density at radius 1 is 1.04 bits per heavy atom. The molecule has 5 nitrogen and oxygen atoms in total. The monoisotopic (exact) mass is 414 g/mol. The smallest absolute Gasteiger partial charge is 0.247 e. The number of benzene rings is 2. The van der Waals surface area contributed by atoms with E-state index in [1.165, 1.54) is 6.92 Å². The van der Waals surface area contributed by atoms with Gasteiger partial charge in [0.2, 0.25) is 15.9 Å². The van der Waals surface area contributed by atoms with Gasteiger partial charge in [0, 0.05) is 15.7 Å². The molecular formula is C18H20Cl2N2O3S. The zero-order valence-electron chi connectivity index (χ0n) is 14.9. The van der Waals surface area contributed by atoms with Crippen LogP contribution in [0.1, 0.15) is 18.1 Å². The van der Waals surface area contributed by atoms with Crippen molar-refractivity contribution in [2.24, 2.45) is 0 Å². The van der Waals surface area contributed by atoms with Crippen molar-refractivity contribution in [2.45, 2.75) is 26.8 Å². The summed E-state index contributed by atoms with van der Waals surface area (Å²) in [6, 6.07) is 8.91. The first-order valence-electron chi connectivity index (χ1n) is 7.82. The molecule has 1 N–H and O–H groups in total. The minimum Gasteiger partial charge on any atom is -0.324 e. The maximum atomic E-state index is 12.6. The van der Waals surface area contributed by atoms with Crippen LogP contribution in [0.2, 0.25) is 10.0 Å². The second-order valence-corrected chi connectivity index (χ2v) is 8.88. The average molecular weight is 415 g/mol. The lowest BCUT2D eigenvalue weighted by atomic mass is 10.1. The Morgan fingerprint density at radius 3 is 2.12 bits per heavy atom. The fraction of sp³-hybridized carbons (Fsp3) is 0.278. The van der Waals surface area contributed by atoms with Crippen LogP contribution in [0.25, 0.3) is 0 Å². The number of carbonyl (C=O) groups is 1. The fourth-order valence-electron chi connectivity index (χ4n) is 2.54. The third-order valence-corrected chi connectivity index (χ3v) is 5.64. The van der Waals surface area contributed by atoms with E-state index in [9.17, 15) is 13.2 Å². The van der Waals surface area contributed by atoms with E-state index in [0.29, 0.717) is 21.4 Å². The highest BCUT2D eigenvalue weighted by molar-refractivity contribution is 7.92. The van der Waals surface area contributed by atoms with E-state index in [-0.39, 0.29) is 0 Å². The zero-order valence-corrected chi connectivity index (χ0v) is 17.2. The maximum Gasteiger partial charge on any atom is 0.247 e. The van der Waals surface area contributed by atoms with Crippen molar-refractivity contribution >= 4 is 50.5 Å². The van der Waals surface area contributed by atoms with E-state index in [4.69, 9.17) is 23.2 Å². The molecule has 0 saturated heterocycles. The molecule has 0 radical (unpaired) electrons. The Hall–Kier alpha value is -1.76. The lowest BCUT2D eigenvalue weighted by Gasteiger charge is -2.28. The molecule has 0 aliphatic heterocycles. The molecule has 0 aromatic heterocycles. The van der Waals surface area contributed by atoms with Gasteiger partial charge in [-0.2, -0.15) is 0 Å². The summed E-state index contributed by atoms with van der Waals surface area (Å²) in [5, 5.41) is 3.40. The van der Waals surface area contributed by atoms with E-state index in [1.54, 1.807) is 30.3 Å². The van der Waals surface area contributed by atoms with Crippen molar-refractivity contribution in [3.05, 3.63) is 57.6 Å².